The first-order valence-corrected chi connectivity index (χ1v) is 4.34. The van der Waals surface area contributed by atoms with E-state index in [1.807, 2.05) is 0 Å². The topological polar surface area (TPSA) is 49.3 Å². The Hall–Kier alpha value is -1.42. The summed E-state index contributed by atoms with van der Waals surface area (Å²) >= 11 is 0. The molecule has 0 aromatic heterocycles. The van der Waals surface area contributed by atoms with Gasteiger partial charge in [-0.05, 0) is 17.7 Å². The van der Waals surface area contributed by atoms with Crippen molar-refractivity contribution < 1.29 is 14.3 Å². The van der Waals surface area contributed by atoms with Crippen LogP contribution in [-0.4, -0.2) is 24.2 Å². The lowest BCUT2D eigenvalue weighted by Crippen LogP contribution is -2.27. The number of halogens is 1. The standard InChI is InChI=1S/C10H12FNO2/c11-9-3-1-8(2-4-9)7-10(14)12-5-6-13/h1-4,13H,5-7H2,(H,12,14). The van der Waals surface area contributed by atoms with Gasteiger partial charge in [0.1, 0.15) is 5.82 Å². The van der Waals surface area contributed by atoms with E-state index < -0.39 is 0 Å². The quantitative estimate of drug-likeness (QED) is 0.737. The molecule has 1 aromatic carbocycles. The Kier molecular flexibility index (Phi) is 4.07. The predicted octanol–water partition coefficient (Wildman–Crippen LogP) is 0.477. The van der Waals surface area contributed by atoms with Crippen molar-refractivity contribution in [1.29, 1.82) is 0 Å². The zero-order valence-electron chi connectivity index (χ0n) is 7.66. The summed E-state index contributed by atoms with van der Waals surface area (Å²) in [6, 6.07) is 5.75. The molecule has 1 amide bonds. The first-order chi connectivity index (χ1) is 6.72. The number of carbonyl (C=O) groups excluding carboxylic acids is 1. The van der Waals surface area contributed by atoms with E-state index in [4.69, 9.17) is 5.11 Å². The van der Waals surface area contributed by atoms with E-state index in [0.29, 0.717) is 0 Å². The number of aliphatic hydroxyl groups is 1. The summed E-state index contributed by atoms with van der Waals surface area (Å²) in [6.45, 7) is 0.176. The predicted molar refractivity (Wildman–Crippen MR) is 50.2 cm³/mol. The second kappa shape index (κ2) is 5.34. The molecule has 0 saturated heterocycles. The number of aliphatic hydroxyl groups excluding tert-OH is 1. The molecule has 0 radical (unpaired) electrons. The molecule has 0 aliphatic carbocycles. The number of hydrogen-bond donors (Lipinski definition) is 2. The number of hydrogen-bond acceptors (Lipinski definition) is 2. The minimum absolute atomic E-state index is 0.0742. The highest BCUT2D eigenvalue weighted by atomic mass is 19.1. The normalized spacial score (nSPS) is 9.86. The van der Waals surface area contributed by atoms with Gasteiger partial charge in [-0.3, -0.25) is 4.79 Å². The number of benzene rings is 1. The summed E-state index contributed by atoms with van der Waals surface area (Å²) in [5, 5.41) is 11.0. The molecule has 0 aliphatic rings. The first-order valence-electron chi connectivity index (χ1n) is 4.34. The van der Waals surface area contributed by atoms with E-state index >= 15 is 0 Å². The minimum atomic E-state index is -0.315. The van der Waals surface area contributed by atoms with Crippen LogP contribution in [0.15, 0.2) is 24.3 Å². The summed E-state index contributed by atoms with van der Waals surface area (Å²) in [5.74, 6) is -0.491. The molecule has 0 atom stereocenters. The van der Waals surface area contributed by atoms with E-state index in [0.717, 1.165) is 5.56 Å². The Labute approximate surface area is 81.6 Å². The van der Waals surface area contributed by atoms with Gasteiger partial charge in [-0.2, -0.15) is 0 Å². The van der Waals surface area contributed by atoms with Crippen molar-refractivity contribution in [3.63, 3.8) is 0 Å². The van der Waals surface area contributed by atoms with Crippen LogP contribution in [-0.2, 0) is 11.2 Å². The highest BCUT2D eigenvalue weighted by Gasteiger charge is 2.01. The molecule has 0 spiro atoms. The van der Waals surface area contributed by atoms with Gasteiger partial charge in [0.25, 0.3) is 0 Å². The summed E-state index contributed by atoms with van der Waals surface area (Å²) in [4.78, 5) is 11.1. The van der Waals surface area contributed by atoms with Crippen molar-refractivity contribution in [2.24, 2.45) is 0 Å². The minimum Gasteiger partial charge on any atom is -0.395 e. The maximum Gasteiger partial charge on any atom is 0.224 e. The van der Waals surface area contributed by atoms with Gasteiger partial charge in [0.2, 0.25) is 5.91 Å². The Morgan fingerprint density at radius 3 is 2.57 bits per heavy atom. The number of amides is 1. The van der Waals surface area contributed by atoms with E-state index in [1.54, 1.807) is 12.1 Å². The highest BCUT2D eigenvalue weighted by Crippen LogP contribution is 2.02. The van der Waals surface area contributed by atoms with Crippen LogP contribution in [0, 0.1) is 5.82 Å². The van der Waals surface area contributed by atoms with Crippen LogP contribution < -0.4 is 5.32 Å². The van der Waals surface area contributed by atoms with Crippen molar-refractivity contribution in [3.8, 4) is 0 Å². The third-order valence-corrected chi connectivity index (χ3v) is 1.71. The van der Waals surface area contributed by atoms with Crippen LogP contribution in [0.4, 0.5) is 4.39 Å². The lowest BCUT2D eigenvalue weighted by atomic mass is 10.1. The van der Waals surface area contributed by atoms with E-state index in [1.165, 1.54) is 12.1 Å². The Morgan fingerprint density at radius 2 is 2.00 bits per heavy atom. The second-order valence-electron chi connectivity index (χ2n) is 2.88. The van der Waals surface area contributed by atoms with Crippen LogP contribution in [0.3, 0.4) is 0 Å². The second-order valence-corrected chi connectivity index (χ2v) is 2.88. The molecule has 0 unspecified atom stereocenters. The number of carbonyl (C=O) groups is 1. The molecule has 0 bridgehead atoms. The fourth-order valence-electron chi connectivity index (χ4n) is 1.05. The van der Waals surface area contributed by atoms with Crippen molar-refractivity contribution in [1.82, 2.24) is 5.32 Å². The average Bonchev–Trinajstić information content (AvgIpc) is 2.18. The number of rotatable bonds is 4. The fourth-order valence-corrected chi connectivity index (χ4v) is 1.05. The molecule has 2 N–H and O–H groups in total. The van der Waals surface area contributed by atoms with E-state index in [-0.39, 0.29) is 31.3 Å². The molecule has 0 fully saturated rings. The Balaban J connectivity index is 2.44. The van der Waals surface area contributed by atoms with Crippen LogP contribution in [0.2, 0.25) is 0 Å². The molecule has 0 heterocycles. The van der Waals surface area contributed by atoms with Gasteiger partial charge in [0.05, 0.1) is 13.0 Å². The molecule has 1 rings (SSSR count). The molecule has 0 aliphatic heterocycles. The zero-order valence-corrected chi connectivity index (χ0v) is 7.66. The summed E-state index contributed by atoms with van der Waals surface area (Å²) in [5.41, 5.74) is 0.752. The van der Waals surface area contributed by atoms with Crippen LogP contribution in [0.5, 0.6) is 0 Å². The molecule has 3 nitrogen and oxygen atoms in total. The third-order valence-electron chi connectivity index (χ3n) is 1.71. The molecule has 0 saturated carbocycles. The van der Waals surface area contributed by atoms with Crippen LogP contribution >= 0.6 is 0 Å². The van der Waals surface area contributed by atoms with Crippen molar-refractivity contribution in [3.05, 3.63) is 35.6 Å². The monoisotopic (exact) mass is 197 g/mol. The van der Waals surface area contributed by atoms with E-state index in [2.05, 4.69) is 5.32 Å². The average molecular weight is 197 g/mol. The molecule has 14 heavy (non-hydrogen) atoms. The summed E-state index contributed by atoms with van der Waals surface area (Å²) in [7, 11) is 0. The number of nitrogens with one attached hydrogen (secondary N) is 1. The Bertz CT molecular complexity index is 297. The van der Waals surface area contributed by atoms with Crippen molar-refractivity contribution in [2.45, 2.75) is 6.42 Å². The molecule has 1 aromatic rings. The van der Waals surface area contributed by atoms with Gasteiger partial charge in [0.15, 0.2) is 0 Å². The smallest absolute Gasteiger partial charge is 0.224 e. The van der Waals surface area contributed by atoms with Crippen LogP contribution in [0.1, 0.15) is 5.56 Å². The zero-order chi connectivity index (χ0) is 10.4. The van der Waals surface area contributed by atoms with Gasteiger partial charge in [0, 0.05) is 6.54 Å². The lowest BCUT2D eigenvalue weighted by Gasteiger charge is -2.02. The fraction of sp³-hybridized carbons (Fsp3) is 0.300. The van der Waals surface area contributed by atoms with Gasteiger partial charge in [-0.15, -0.1) is 0 Å². The molecular weight excluding hydrogens is 185 g/mol. The van der Waals surface area contributed by atoms with Gasteiger partial charge in [-0.25, -0.2) is 4.39 Å². The lowest BCUT2D eigenvalue weighted by molar-refractivity contribution is -0.120. The van der Waals surface area contributed by atoms with Gasteiger partial charge >= 0.3 is 0 Å². The molecule has 4 heteroatoms. The summed E-state index contributed by atoms with van der Waals surface area (Å²) < 4.78 is 12.5. The van der Waals surface area contributed by atoms with E-state index in [9.17, 15) is 9.18 Å². The maximum absolute atomic E-state index is 12.5. The largest absolute Gasteiger partial charge is 0.395 e. The third kappa shape index (κ3) is 3.53. The van der Waals surface area contributed by atoms with Gasteiger partial charge < -0.3 is 10.4 Å². The molecular formula is C10H12FNO2. The highest BCUT2D eigenvalue weighted by molar-refractivity contribution is 5.78. The Morgan fingerprint density at radius 1 is 1.36 bits per heavy atom. The van der Waals surface area contributed by atoms with Crippen LogP contribution in [0.25, 0.3) is 0 Å². The molecule has 76 valence electrons. The SMILES string of the molecule is O=C(Cc1ccc(F)cc1)NCCO. The maximum atomic E-state index is 12.5. The van der Waals surface area contributed by atoms with Gasteiger partial charge in [-0.1, -0.05) is 12.1 Å². The van der Waals surface area contributed by atoms with Crippen molar-refractivity contribution >= 4 is 5.91 Å². The van der Waals surface area contributed by atoms with Crippen molar-refractivity contribution in [2.75, 3.05) is 13.2 Å². The first kappa shape index (κ1) is 10.7. The summed E-state index contributed by atoms with van der Waals surface area (Å²) in [6.07, 6.45) is 0.209.